The molecule has 162 valence electrons. The molecule has 32 heavy (non-hydrogen) atoms. The molecule has 1 amide bonds. The highest BCUT2D eigenvalue weighted by Gasteiger charge is 2.18. The first-order valence-electron chi connectivity index (χ1n) is 9.92. The molecule has 2 heterocycles. The Morgan fingerprint density at radius 2 is 1.84 bits per heavy atom. The molecular weight excluding hydrogens is 474 g/mol. The smallest absolute Gasteiger partial charge is 0.358 e. The predicted octanol–water partition coefficient (Wildman–Crippen LogP) is 4.56. The van der Waals surface area contributed by atoms with Crippen LogP contribution in [0.1, 0.15) is 33.5 Å². The molecule has 0 aliphatic heterocycles. The zero-order valence-corrected chi connectivity index (χ0v) is 19.0. The lowest BCUT2D eigenvalue weighted by Gasteiger charge is -2.11. The number of benzene rings is 2. The zero-order chi connectivity index (χ0) is 22.7. The van der Waals surface area contributed by atoms with Crippen molar-refractivity contribution in [3.8, 4) is 11.4 Å². The third kappa shape index (κ3) is 4.33. The van der Waals surface area contributed by atoms with Crippen LogP contribution in [0.15, 0.2) is 71.5 Å². The fraction of sp³-hybridized carbons (Fsp3) is 0.130. The van der Waals surface area contributed by atoms with Crippen LogP contribution in [0.5, 0.6) is 0 Å². The topological polar surface area (TPSA) is 91.0 Å². The molecule has 4 rings (SSSR count). The van der Waals surface area contributed by atoms with Crippen molar-refractivity contribution in [3.05, 3.63) is 88.4 Å². The number of carbonyl (C=O) groups excluding carboxylic acids is 2. The first-order valence-corrected chi connectivity index (χ1v) is 10.7. The summed E-state index contributed by atoms with van der Waals surface area (Å²) in [6.45, 7) is 3.85. The molecule has 0 atom stereocenters. The number of halogens is 1. The molecule has 0 aliphatic rings. The Balaban J connectivity index is 1.59. The fourth-order valence-electron chi connectivity index (χ4n) is 3.22. The summed E-state index contributed by atoms with van der Waals surface area (Å²) in [4.78, 5) is 25.0. The average Bonchev–Trinajstić information content (AvgIpc) is 3.42. The number of amides is 1. The first kappa shape index (κ1) is 21.5. The van der Waals surface area contributed by atoms with Crippen molar-refractivity contribution in [2.75, 3.05) is 11.9 Å². The number of rotatable bonds is 6. The van der Waals surface area contributed by atoms with Crippen LogP contribution in [-0.2, 0) is 4.74 Å². The largest absolute Gasteiger partial charge is 0.461 e. The van der Waals surface area contributed by atoms with Gasteiger partial charge in [-0.25, -0.2) is 14.2 Å². The van der Waals surface area contributed by atoms with Crippen molar-refractivity contribution in [1.29, 1.82) is 0 Å². The molecule has 9 heteroatoms. The number of aromatic nitrogens is 4. The molecule has 0 radical (unpaired) electrons. The van der Waals surface area contributed by atoms with E-state index >= 15 is 0 Å². The van der Waals surface area contributed by atoms with E-state index in [4.69, 9.17) is 4.74 Å². The Morgan fingerprint density at radius 3 is 2.59 bits per heavy atom. The summed E-state index contributed by atoms with van der Waals surface area (Å²) in [6.07, 6.45) is 3.19. The van der Waals surface area contributed by atoms with Gasteiger partial charge in [-0.15, -0.1) is 0 Å². The second-order valence-corrected chi connectivity index (χ2v) is 7.78. The number of hydrogen-bond acceptors (Lipinski definition) is 5. The van der Waals surface area contributed by atoms with Crippen LogP contribution >= 0.6 is 15.9 Å². The quantitative estimate of drug-likeness (QED) is 0.397. The third-order valence-corrected chi connectivity index (χ3v) is 5.33. The van der Waals surface area contributed by atoms with Crippen LogP contribution in [0.4, 0.5) is 5.69 Å². The molecule has 8 nitrogen and oxygen atoms in total. The average molecular weight is 494 g/mol. The molecule has 0 spiro atoms. The standard InChI is InChI=1S/C23H20BrN5O3/c1-3-32-23(31)20-12-13-28(27-20)21-7-5-4-6-19(21)26-22(30)18-14-25-29(15(18)2)17-10-8-16(24)9-11-17/h4-14H,3H2,1-2H3,(H,26,30). The van der Waals surface area contributed by atoms with Gasteiger partial charge < -0.3 is 10.1 Å². The van der Waals surface area contributed by atoms with Gasteiger partial charge in [-0.2, -0.15) is 10.2 Å². The van der Waals surface area contributed by atoms with Gasteiger partial charge in [0.1, 0.15) is 0 Å². The fourth-order valence-corrected chi connectivity index (χ4v) is 3.48. The van der Waals surface area contributed by atoms with E-state index < -0.39 is 5.97 Å². The summed E-state index contributed by atoms with van der Waals surface area (Å²) in [6, 6.07) is 16.5. The van der Waals surface area contributed by atoms with Gasteiger partial charge in [0, 0.05) is 10.7 Å². The minimum Gasteiger partial charge on any atom is -0.461 e. The molecular formula is C23H20BrN5O3. The molecule has 0 saturated heterocycles. The number of anilines is 1. The van der Waals surface area contributed by atoms with E-state index in [0.717, 1.165) is 10.2 Å². The van der Waals surface area contributed by atoms with Gasteiger partial charge in [0.25, 0.3) is 5.91 Å². The molecule has 2 aromatic heterocycles. The Kier molecular flexibility index (Phi) is 6.18. The SMILES string of the molecule is CCOC(=O)c1ccn(-c2ccccc2NC(=O)c2cnn(-c3ccc(Br)cc3)c2C)n1. The van der Waals surface area contributed by atoms with Gasteiger partial charge in [-0.1, -0.05) is 28.1 Å². The number of ether oxygens (including phenoxy) is 1. The lowest BCUT2D eigenvalue weighted by Crippen LogP contribution is -2.15. The van der Waals surface area contributed by atoms with Crippen LogP contribution in [0.3, 0.4) is 0 Å². The zero-order valence-electron chi connectivity index (χ0n) is 17.4. The Bertz CT molecular complexity index is 1280. The Hall–Kier alpha value is -3.72. The van der Waals surface area contributed by atoms with E-state index in [9.17, 15) is 9.59 Å². The minimum atomic E-state index is -0.497. The maximum absolute atomic E-state index is 13.0. The van der Waals surface area contributed by atoms with E-state index in [0.29, 0.717) is 22.6 Å². The lowest BCUT2D eigenvalue weighted by atomic mass is 10.2. The monoisotopic (exact) mass is 493 g/mol. The van der Waals surface area contributed by atoms with Crippen LogP contribution in [0.25, 0.3) is 11.4 Å². The van der Waals surface area contributed by atoms with E-state index in [1.54, 1.807) is 42.2 Å². The number of esters is 1. The number of nitrogens with one attached hydrogen (secondary N) is 1. The molecule has 0 bridgehead atoms. The van der Waals surface area contributed by atoms with Gasteiger partial charge in [-0.05, 0) is 56.3 Å². The minimum absolute atomic E-state index is 0.194. The Morgan fingerprint density at radius 1 is 1.09 bits per heavy atom. The molecule has 1 N–H and O–H groups in total. The van der Waals surface area contributed by atoms with Crippen molar-refractivity contribution in [1.82, 2.24) is 19.6 Å². The summed E-state index contributed by atoms with van der Waals surface area (Å²) < 4.78 is 9.20. The van der Waals surface area contributed by atoms with Gasteiger partial charge in [-0.3, -0.25) is 4.79 Å². The van der Waals surface area contributed by atoms with Crippen molar-refractivity contribution < 1.29 is 14.3 Å². The summed E-state index contributed by atoms with van der Waals surface area (Å²) in [5, 5.41) is 11.6. The number of nitrogens with zero attached hydrogens (tertiary/aromatic N) is 4. The van der Waals surface area contributed by atoms with E-state index in [1.807, 2.05) is 43.3 Å². The predicted molar refractivity (Wildman–Crippen MR) is 123 cm³/mol. The molecule has 0 saturated carbocycles. The van der Waals surface area contributed by atoms with Gasteiger partial charge in [0.15, 0.2) is 5.69 Å². The summed E-state index contributed by atoms with van der Waals surface area (Å²) in [7, 11) is 0. The summed E-state index contributed by atoms with van der Waals surface area (Å²) in [5.74, 6) is -0.792. The second-order valence-electron chi connectivity index (χ2n) is 6.87. The van der Waals surface area contributed by atoms with Gasteiger partial charge in [0.05, 0.1) is 41.1 Å². The van der Waals surface area contributed by atoms with Gasteiger partial charge >= 0.3 is 5.97 Å². The highest BCUT2D eigenvalue weighted by molar-refractivity contribution is 9.10. The molecule has 0 fully saturated rings. The van der Waals surface area contributed by atoms with Crippen LogP contribution in [-0.4, -0.2) is 38.0 Å². The van der Waals surface area contributed by atoms with Crippen molar-refractivity contribution in [2.24, 2.45) is 0 Å². The maximum Gasteiger partial charge on any atom is 0.358 e. The van der Waals surface area contributed by atoms with Gasteiger partial charge in [0.2, 0.25) is 0 Å². The van der Waals surface area contributed by atoms with Crippen LogP contribution in [0, 0.1) is 6.92 Å². The normalized spacial score (nSPS) is 10.7. The van der Waals surface area contributed by atoms with E-state index in [-0.39, 0.29) is 18.2 Å². The first-order chi connectivity index (χ1) is 15.5. The third-order valence-electron chi connectivity index (χ3n) is 4.80. The molecule has 4 aromatic rings. The molecule has 0 aliphatic carbocycles. The summed E-state index contributed by atoms with van der Waals surface area (Å²) >= 11 is 3.42. The van der Waals surface area contributed by atoms with E-state index in [1.165, 1.54) is 4.68 Å². The van der Waals surface area contributed by atoms with Crippen LogP contribution in [0.2, 0.25) is 0 Å². The molecule has 0 unspecified atom stereocenters. The van der Waals surface area contributed by atoms with Crippen molar-refractivity contribution >= 4 is 33.5 Å². The van der Waals surface area contributed by atoms with Crippen molar-refractivity contribution in [2.45, 2.75) is 13.8 Å². The second kappa shape index (κ2) is 9.19. The number of carbonyl (C=O) groups is 2. The highest BCUT2D eigenvalue weighted by Crippen LogP contribution is 2.22. The highest BCUT2D eigenvalue weighted by atomic mass is 79.9. The Labute approximate surface area is 192 Å². The molecule has 2 aromatic carbocycles. The van der Waals surface area contributed by atoms with E-state index in [2.05, 4.69) is 31.4 Å². The summed E-state index contributed by atoms with van der Waals surface area (Å²) in [5.41, 5.74) is 3.38. The van der Waals surface area contributed by atoms with Crippen molar-refractivity contribution in [3.63, 3.8) is 0 Å². The number of para-hydroxylation sites is 2. The maximum atomic E-state index is 13.0. The lowest BCUT2D eigenvalue weighted by molar-refractivity contribution is 0.0518. The number of hydrogen-bond donors (Lipinski definition) is 1. The van der Waals surface area contributed by atoms with Crippen LogP contribution < -0.4 is 5.32 Å².